The summed E-state index contributed by atoms with van der Waals surface area (Å²) >= 11 is 0. The van der Waals surface area contributed by atoms with Crippen molar-refractivity contribution in [3.05, 3.63) is 69.5 Å². The number of aryl methyl sites for hydroxylation is 1. The van der Waals surface area contributed by atoms with Gasteiger partial charge in [-0.05, 0) is 33.2 Å². The first-order valence-electron chi connectivity index (χ1n) is 8.94. The number of hydrogen-bond acceptors (Lipinski definition) is 5. The summed E-state index contributed by atoms with van der Waals surface area (Å²) in [7, 11) is 0. The Hall–Kier alpha value is -2.73. The summed E-state index contributed by atoms with van der Waals surface area (Å²) < 4.78 is 5.57. The van der Waals surface area contributed by atoms with E-state index in [0.717, 1.165) is 41.8 Å². The van der Waals surface area contributed by atoms with Crippen LogP contribution < -0.4 is 5.43 Å². The minimum absolute atomic E-state index is 0.0872. The Morgan fingerprint density at radius 3 is 2.88 bits per heavy atom. The highest BCUT2D eigenvalue weighted by atomic mass is 16.5. The van der Waals surface area contributed by atoms with Crippen molar-refractivity contribution in [2.45, 2.75) is 39.3 Å². The first kappa shape index (κ1) is 16.7. The summed E-state index contributed by atoms with van der Waals surface area (Å²) in [6, 6.07) is 9.92. The molecule has 3 aromatic rings. The molecule has 0 spiro atoms. The van der Waals surface area contributed by atoms with E-state index in [4.69, 9.17) is 4.52 Å². The fourth-order valence-corrected chi connectivity index (χ4v) is 3.54. The van der Waals surface area contributed by atoms with E-state index in [1.54, 1.807) is 6.20 Å². The van der Waals surface area contributed by atoms with Gasteiger partial charge in [0.25, 0.3) is 0 Å². The van der Waals surface area contributed by atoms with Gasteiger partial charge in [0.2, 0.25) is 11.7 Å². The predicted molar refractivity (Wildman–Crippen MR) is 98.7 cm³/mol. The number of aromatic nitrogens is 3. The van der Waals surface area contributed by atoms with Crippen LogP contribution in [0.1, 0.15) is 41.6 Å². The standard InChI is InChI=1S/C20H22N4O2/c1-13-11-21-16(14(2)18(13)25)12-24-10-6-9-17(24)20-22-19(23-26-20)15-7-4-3-5-8-15/h3-5,7-8,11,17H,6,9-10,12H2,1-2H3,(H,21,25). The highest BCUT2D eigenvalue weighted by Gasteiger charge is 2.31. The van der Waals surface area contributed by atoms with Crippen LogP contribution in [0.25, 0.3) is 11.4 Å². The van der Waals surface area contributed by atoms with Crippen LogP contribution in [-0.2, 0) is 6.54 Å². The van der Waals surface area contributed by atoms with Crippen LogP contribution in [0.2, 0.25) is 0 Å². The monoisotopic (exact) mass is 350 g/mol. The Morgan fingerprint density at radius 1 is 1.27 bits per heavy atom. The van der Waals surface area contributed by atoms with Gasteiger partial charge in [0.1, 0.15) is 0 Å². The molecule has 1 aromatic carbocycles. The molecule has 4 rings (SSSR count). The molecule has 1 fully saturated rings. The molecule has 6 nitrogen and oxygen atoms in total. The number of likely N-dealkylation sites (tertiary alicyclic amines) is 1. The molecular weight excluding hydrogens is 328 g/mol. The Morgan fingerprint density at radius 2 is 2.08 bits per heavy atom. The lowest BCUT2D eigenvalue weighted by Crippen LogP contribution is -2.26. The number of nitrogens with zero attached hydrogens (tertiary/aromatic N) is 3. The van der Waals surface area contributed by atoms with Gasteiger partial charge in [-0.3, -0.25) is 9.69 Å². The molecular formula is C20H22N4O2. The minimum Gasteiger partial charge on any atom is -0.363 e. The summed E-state index contributed by atoms with van der Waals surface area (Å²) in [5, 5.41) is 4.15. The van der Waals surface area contributed by atoms with Gasteiger partial charge < -0.3 is 9.51 Å². The van der Waals surface area contributed by atoms with Crippen LogP contribution in [0.15, 0.2) is 45.8 Å². The van der Waals surface area contributed by atoms with Crippen molar-refractivity contribution in [2.24, 2.45) is 0 Å². The molecule has 3 heterocycles. The number of H-pyrrole nitrogens is 1. The van der Waals surface area contributed by atoms with Crippen LogP contribution in [0, 0.1) is 13.8 Å². The number of pyridine rings is 1. The van der Waals surface area contributed by atoms with Crippen molar-refractivity contribution in [1.82, 2.24) is 20.0 Å². The molecule has 0 aliphatic carbocycles. The Kier molecular flexibility index (Phi) is 4.42. The van der Waals surface area contributed by atoms with Crippen molar-refractivity contribution < 1.29 is 4.52 Å². The third-order valence-corrected chi connectivity index (χ3v) is 5.10. The SMILES string of the molecule is Cc1c[nH]c(CN2CCCC2c2nc(-c3ccccc3)no2)c(C)c1=O. The number of aromatic amines is 1. The molecule has 1 atom stereocenters. The van der Waals surface area contributed by atoms with Gasteiger partial charge in [-0.2, -0.15) is 4.98 Å². The first-order chi connectivity index (χ1) is 12.6. The Labute approximate surface area is 151 Å². The van der Waals surface area contributed by atoms with E-state index in [1.807, 2.05) is 44.2 Å². The highest BCUT2D eigenvalue weighted by molar-refractivity contribution is 5.53. The summed E-state index contributed by atoms with van der Waals surface area (Å²) in [6.45, 7) is 5.34. The predicted octanol–water partition coefficient (Wildman–Crippen LogP) is 3.38. The Balaban J connectivity index is 1.57. The zero-order chi connectivity index (χ0) is 18.1. The van der Waals surface area contributed by atoms with Crippen LogP contribution in [0.3, 0.4) is 0 Å². The fraction of sp³-hybridized carbons (Fsp3) is 0.350. The second-order valence-corrected chi connectivity index (χ2v) is 6.86. The van der Waals surface area contributed by atoms with E-state index in [2.05, 4.69) is 20.0 Å². The maximum atomic E-state index is 12.2. The van der Waals surface area contributed by atoms with Crippen LogP contribution >= 0.6 is 0 Å². The van der Waals surface area contributed by atoms with Gasteiger partial charge in [0, 0.05) is 35.1 Å². The molecule has 134 valence electrons. The third-order valence-electron chi connectivity index (χ3n) is 5.10. The quantitative estimate of drug-likeness (QED) is 0.781. The second kappa shape index (κ2) is 6.88. The van der Waals surface area contributed by atoms with Crippen LogP contribution in [0.4, 0.5) is 0 Å². The summed E-state index contributed by atoms with van der Waals surface area (Å²) in [5.74, 6) is 1.26. The van der Waals surface area contributed by atoms with E-state index in [-0.39, 0.29) is 11.5 Å². The lowest BCUT2D eigenvalue weighted by Gasteiger charge is -2.22. The van der Waals surface area contributed by atoms with Gasteiger partial charge in [-0.15, -0.1) is 0 Å². The largest absolute Gasteiger partial charge is 0.363 e. The topological polar surface area (TPSA) is 75.0 Å². The maximum absolute atomic E-state index is 12.2. The molecule has 0 saturated carbocycles. The van der Waals surface area contributed by atoms with Crippen molar-refractivity contribution in [1.29, 1.82) is 0 Å². The number of nitrogens with one attached hydrogen (secondary N) is 1. The summed E-state index contributed by atoms with van der Waals surface area (Å²) in [4.78, 5) is 22.4. The number of hydrogen-bond donors (Lipinski definition) is 1. The van der Waals surface area contributed by atoms with Gasteiger partial charge >= 0.3 is 0 Å². The van der Waals surface area contributed by atoms with Gasteiger partial charge in [-0.1, -0.05) is 35.5 Å². The molecule has 6 heteroatoms. The molecule has 1 aliphatic heterocycles. The average molecular weight is 350 g/mol. The Bertz CT molecular complexity index is 961. The maximum Gasteiger partial charge on any atom is 0.244 e. The average Bonchev–Trinajstić information content (AvgIpc) is 3.32. The molecule has 0 amide bonds. The van der Waals surface area contributed by atoms with E-state index in [1.165, 1.54) is 0 Å². The summed E-state index contributed by atoms with van der Waals surface area (Å²) in [5.41, 5.74) is 3.54. The lowest BCUT2D eigenvalue weighted by molar-refractivity contribution is 0.199. The fourth-order valence-electron chi connectivity index (χ4n) is 3.54. The molecule has 26 heavy (non-hydrogen) atoms. The summed E-state index contributed by atoms with van der Waals surface area (Å²) in [6.07, 6.45) is 3.84. The normalized spacial score (nSPS) is 17.7. The molecule has 0 bridgehead atoms. The zero-order valence-corrected chi connectivity index (χ0v) is 15.0. The molecule has 2 aromatic heterocycles. The van der Waals surface area contributed by atoms with E-state index in [9.17, 15) is 4.79 Å². The molecule has 1 N–H and O–H groups in total. The van der Waals surface area contributed by atoms with Crippen molar-refractivity contribution in [2.75, 3.05) is 6.54 Å². The number of benzene rings is 1. The van der Waals surface area contributed by atoms with Gasteiger partial charge in [-0.25, -0.2) is 0 Å². The lowest BCUT2D eigenvalue weighted by atomic mass is 10.1. The van der Waals surface area contributed by atoms with Crippen molar-refractivity contribution in [3.63, 3.8) is 0 Å². The molecule has 1 unspecified atom stereocenters. The molecule has 1 aliphatic rings. The molecule has 0 radical (unpaired) electrons. The van der Waals surface area contributed by atoms with Gasteiger partial charge in [0.05, 0.1) is 6.04 Å². The smallest absolute Gasteiger partial charge is 0.244 e. The highest BCUT2D eigenvalue weighted by Crippen LogP contribution is 2.33. The number of rotatable bonds is 4. The van der Waals surface area contributed by atoms with Crippen molar-refractivity contribution in [3.8, 4) is 11.4 Å². The first-order valence-corrected chi connectivity index (χ1v) is 8.94. The van der Waals surface area contributed by atoms with Crippen molar-refractivity contribution >= 4 is 0 Å². The van der Waals surface area contributed by atoms with E-state index < -0.39 is 0 Å². The van der Waals surface area contributed by atoms with E-state index in [0.29, 0.717) is 18.3 Å². The zero-order valence-electron chi connectivity index (χ0n) is 15.0. The second-order valence-electron chi connectivity index (χ2n) is 6.86. The van der Waals surface area contributed by atoms with E-state index >= 15 is 0 Å². The van der Waals surface area contributed by atoms with Crippen LogP contribution in [-0.4, -0.2) is 26.6 Å². The third kappa shape index (κ3) is 3.08. The molecule has 1 saturated heterocycles. The van der Waals surface area contributed by atoms with Crippen LogP contribution in [0.5, 0.6) is 0 Å². The minimum atomic E-state index is 0.0872. The van der Waals surface area contributed by atoms with Gasteiger partial charge in [0.15, 0.2) is 5.43 Å².